The Kier molecular flexibility index (Phi) is 3.42. The number of aromatic hydroxyl groups is 4. The largest absolute Gasteiger partial charge is 0.508 e. The number of phenols is 4. The summed E-state index contributed by atoms with van der Waals surface area (Å²) in [5.74, 6) is -1.36. The summed E-state index contributed by atoms with van der Waals surface area (Å²) < 4.78 is 0. The number of phenolic OH excluding ortho intramolecular Hbond substituents is 4. The maximum atomic E-state index is 12.3. The maximum absolute atomic E-state index is 12.3. The molecule has 3 aromatic carbocycles. The van der Waals surface area contributed by atoms with Gasteiger partial charge in [0, 0.05) is 11.5 Å². The van der Waals surface area contributed by atoms with Gasteiger partial charge in [-0.25, -0.2) is 0 Å². The zero-order chi connectivity index (χ0) is 16.6. The first-order valence-corrected chi connectivity index (χ1v) is 6.74. The molecule has 116 valence electrons. The van der Waals surface area contributed by atoms with Crippen LogP contribution in [0.5, 0.6) is 23.0 Å². The van der Waals surface area contributed by atoms with Crippen LogP contribution < -0.4 is 5.32 Å². The molecule has 0 unspecified atom stereocenters. The summed E-state index contributed by atoms with van der Waals surface area (Å²) in [5, 5.41) is 42.2. The van der Waals surface area contributed by atoms with Crippen LogP contribution >= 0.6 is 0 Å². The Morgan fingerprint density at radius 2 is 1.61 bits per heavy atom. The van der Waals surface area contributed by atoms with Gasteiger partial charge in [-0.1, -0.05) is 12.1 Å². The van der Waals surface area contributed by atoms with Crippen molar-refractivity contribution in [3.63, 3.8) is 0 Å². The second-order valence-electron chi connectivity index (χ2n) is 5.02. The SMILES string of the molecule is O=C(Nc1ccc(O)cc1O)c1cc2cccc(O)c2cc1O. The second-order valence-corrected chi connectivity index (χ2v) is 5.02. The Labute approximate surface area is 130 Å². The number of carbonyl (C=O) groups excluding carboxylic acids is 1. The lowest BCUT2D eigenvalue weighted by molar-refractivity contribution is 0.102. The minimum atomic E-state index is -0.631. The molecular weight excluding hydrogens is 298 g/mol. The van der Waals surface area contributed by atoms with Gasteiger partial charge in [-0.3, -0.25) is 4.79 Å². The molecule has 0 aliphatic rings. The normalized spacial score (nSPS) is 10.6. The average Bonchev–Trinajstić information content (AvgIpc) is 2.50. The lowest BCUT2D eigenvalue weighted by atomic mass is 10.0. The van der Waals surface area contributed by atoms with Gasteiger partial charge in [-0.2, -0.15) is 0 Å². The summed E-state index contributed by atoms with van der Waals surface area (Å²) in [6, 6.07) is 11.3. The van der Waals surface area contributed by atoms with Gasteiger partial charge in [0.25, 0.3) is 5.91 Å². The third-order valence-corrected chi connectivity index (χ3v) is 3.45. The van der Waals surface area contributed by atoms with E-state index in [1.165, 1.54) is 30.3 Å². The summed E-state index contributed by atoms with van der Waals surface area (Å²) in [4.78, 5) is 12.3. The number of amides is 1. The van der Waals surface area contributed by atoms with Crippen LogP contribution in [-0.4, -0.2) is 26.3 Å². The Bertz CT molecular complexity index is 920. The lowest BCUT2D eigenvalue weighted by Gasteiger charge is -2.10. The first-order chi connectivity index (χ1) is 11.0. The number of hydrogen-bond donors (Lipinski definition) is 5. The van der Waals surface area contributed by atoms with Gasteiger partial charge in [0.2, 0.25) is 0 Å². The van der Waals surface area contributed by atoms with Crippen molar-refractivity contribution in [1.82, 2.24) is 0 Å². The zero-order valence-corrected chi connectivity index (χ0v) is 11.8. The number of nitrogens with one attached hydrogen (secondary N) is 1. The van der Waals surface area contributed by atoms with E-state index in [4.69, 9.17) is 0 Å². The molecule has 0 aliphatic heterocycles. The molecule has 6 nitrogen and oxygen atoms in total. The molecule has 3 aromatic rings. The highest BCUT2D eigenvalue weighted by Gasteiger charge is 2.15. The highest BCUT2D eigenvalue weighted by atomic mass is 16.3. The van der Waals surface area contributed by atoms with Crippen molar-refractivity contribution < 1.29 is 25.2 Å². The lowest BCUT2D eigenvalue weighted by Crippen LogP contribution is -2.12. The van der Waals surface area contributed by atoms with Gasteiger partial charge >= 0.3 is 0 Å². The van der Waals surface area contributed by atoms with Crippen molar-refractivity contribution in [2.75, 3.05) is 5.32 Å². The third-order valence-electron chi connectivity index (χ3n) is 3.45. The van der Waals surface area contributed by atoms with E-state index in [9.17, 15) is 25.2 Å². The fourth-order valence-corrected chi connectivity index (χ4v) is 2.29. The van der Waals surface area contributed by atoms with E-state index < -0.39 is 5.91 Å². The van der Waals surface area contributed by atoms with Gasteiger partial charge in [0.15, 0.2) is 0 Å². The van der Waals surface area contributed by atoms with Crippen LogP contribution in [0.25, 0.3) is 10.8 Å². The molecule has 0 saturated heterocycles. The molecule has 0 saturated carbocycles. The van der Waals surface area contributed by atoms with Crippen LogP contribution in [0.1, 0.15) is 10.4 Å². The summed E-state index contributed by atoms with van der Waals surface area (Å²) in [5.41, 5.74) is 0.0961. The summed E-state index contributed by atoms with van der Waals surface area (Å²) >= 11 is 0. The molecule has 23 heavy (non-hydrogen) atoms. The third kappa shape index (κ3) is 2.69. The van der Waals surface area contributed by atoms with Crippen LogP contribution in [0.3, 0.4) is 0 Å². The van der Waals surface area contributed by atoms with E-state index in [1.807, 2.05) is 0 Å². The average molecular weight is 311 g/mol. The van der Waals surface area contributed by atoms with Crippen molar-refractivity contribution in [3.05, 3.63) is 54.1 Å². The number of carbonyl (C=O) groups is 1. The molecular formula is C17H13NO5. The van der Waals surface area contributed by atoms with Crippen molar-refractivity contribution in [2.45, 2.75) is 0 Å². The van der Waals surface area contributed by atoms with E-state index in [2.05, 4.69) is 5.32 Å². The summed E-state index contributed by atoms with van der Waals surface area (Å²) in [7, 11) is 0. The van der Waals surface area contributed by atoms with Gasteiger partial charge in [-0.15, -0.1) is 0 Å². The quantitative estimate of drug-likeness (QED) is 0.369. The molecule has 3 rings (SSSR count). The molecule has 0 aliphatic carbocycles. The van der Waals surface area contributed by atoms with Crippen molar-refractivity contribution >= 4 is 22.4 Å². The molecule has 0 atom stereocenters. The Morgan fingerprint density at radius 1 is 0.826 bits per heavy atom. The van der Waals surface area contributed by atoms with Gasteiger partial charge < -0.3 is 25.7 Å². The predicted molar refractivity (Wildman–Crippen MR) is 85.0 cm³/mol. The highest BCUT2D eigenvalue weighted by molar-refractivity contribution is 6.09. The number of anilines is 1. The Hall–Kier alpha value is -3.41. The minimum absolute atomic E-state index is 0.000868. The van der Waals surface area contributed by atoms with Crippen LogP contribution in [-0.2, 0) is 0 Å². The van der Waals surface area contributed by atoms with Crippen molar-refractivity contribution in [1.29, 1.82) is 0 Å². The van der Waals surface area contributed by atoms with Gasteiger partial charge in [0.05, 0.1) is 11.3 Å². The molecule has 0 aromatic heterocycles. The van der Waals surface area contributed by atoms with Crippen LogP contribution in [0.15, 0.2) is 48.5 Å². The van der Waals surface area contributed by atoms with Crippen LogP contribution in [0.4, 0.5) is 5.69 Å². The molecule has 0 fully saturated rings. The van der Waals surface area contributed by atoms with Crippen LogP contribution in [0.2, 0.25) is 0 Å². The Balaban J connectivity index is 1.99. The molecule has 5 N–H and O–H groups in total. The summed E-state index contributed by atoms with van der Waals surface area (Å²) in [6.45, 7) is 0. The minimum Gasteiger partial charge on any atom is -0.508 e. The first-order valence-electron chi connectivity index (χ1n) is 6.74. The molecule has 1 amide bonds. The molecule has 0 spiro atoms. The zero-order valence-electron chi connectivity index (χ0n) is 11.8. The first kappa shape index (κ1) is 14.5. The van der Waals surface area contributed by atoms with Gasteiger partial charge in [0.1, 0.15) is 23.0 Å². The fraction of sp³-hybridized carbons (Fsp3) is 0. The van der Waals surface area contributed by atoms with Crippen molar-refractivity contribution in [3.8, 4) is 23.0 Å². The van der Waals surface area contributed by atoms with E-state index >= 15 is 0 Å². The fourth-order valence-electron chi connectivity index (χ4n) is 2.29. The number of fused-ring (bicyclic) bond motifs is 1. The highest BCUT2D eigenvalue weighted by Crippen LogP contribution is 2.32. The van der Waals surface area contributed by atoms with E-state index in [1.54, 1.807) is 12.1 Å². The van der Waals surface area contributed by atoms with E-state index in [0.29, 0.717) is 10.8 Å². The number of hydrogen-bond acceptors (Lipinski definition) is 5. The molecule has 0 bridgehead atoms. The maximum Gasteiger partial charge on any atom is 0.259 e. The monoisotopic (exact) mass is 311 g/mol. The van der Waals surface area contributed by atoms with Crippen LogP contribution in [0, 0.1) is 0 Å². The van der Waals surface area contributed by atoms with E-state index in [0.717, 1.165) is 6.07 Å². The van der Waals surface area contributed by atoms with Crippen molar-refractivity contribution in [2.24, 2.45) is 0 Å². The Morgan fingerprint density at radius 3 is 2.35 bits per heavy atom. The second kappa shape index (κ2) is 5.42. The van der Waals surface area contributed by atoms with E-state index in [-0.39, 0.29) is 34.2 Å². The van der Waals surface area contributed by atoms with Gasteiger partial charge in [-0.05, 0) is 35.7 Å². The smallest absolute Gasteiger partial charge is 0.259 e. The predicted octanol–water partition coefficient (Wildman–Crippen LogP) is 2.91. The molecule has 0 heterocycles. The molecule has 0 radical (unpaired) electrons. The standard InChI is InChI=1S/C17H13NO5/c19-10-4-5-13(16(22)7-10)18-17(23)12-6-9-2-1-3-14(20)11(9)8-15(12)21/h1-8,19-22H,(H,18,23). The number of benzene rings is 3. The molecule has 6 heteroatoms. The number of rotatable bonds is 2. The topological polar surface area (TPSA) is 110 Å². The summed E-state index contributed by atoms with van der Waals surface area (Å²) in [6.07, 6.45) is 0.